The molecule has 4 rings (SSSR count). The second kappa shape index (κ2) is 10.5. The van der Waals surface area contributed by atoms with Gasteiger partial charge in [0.15, 0.2) is 5.69 Å². The Morgan fingerprint density at radius 2 is 1.32 bits per heavy atom. The predicted octanol–water partition coefficient (Wildman–Crippen LogP) is 7.28. The molecule has 0 fully saturated rings. The van der Waals surface area contributed by atoms with E-state index >= 15 is 0 Å². The highest BCUT2D eigenvalue weighted by molar-refractivity contribution is 6.11. The summed E-state index contributed by atoms with van der Waals surface area (Å²) in [5.41, 5.74) is -4.74. The van der Waals surface area contributed by atoms with Crippen molar-refractivity contribution in [1.29, 1.82) is 0 Å². The summed E-state index contributed by atoms with van der Waals surface area (Å²) in [4.78, 5) is 12.9. The van der Waals surface area contributed by atoms with Gasteiger partial charge in [0.1, 0.15) is 5.69 Å². The summed E-state index contributed by atoms with van der Waals surface area (Å²) < 4.78 is 120. The van der Waals surface area contributed by atoms with Gasteiger partial charge < -0.3 is 0 Å². The van der Waals surface area contributed by atoms with Gasteiger partial charge in [0.25, 0.3) is 5.78 Å². The minimum absolute atomic E-state index is 0.0126. The quantitative estimate of drug-likeness (QED) is 0.148. The normalized spacial score (nSPS) is 12.1. The highest BCUT2D eigenvalue weighted by Crippen LogP contribution is 2.37. The highest BCUT2D eigenvalue weighted by Gasteiger charge is 2.37. The van der Waals surface area contributed by atoms with Gasteiger partial charge in [-0.1, -0.05) is 47.5 Å². The molecule has 4 nitrogen and oxygen atoms in total. The van der Waals surface area contributed by atoms with Gasteiger partial charge in [-0.3, -0.25) is 4.79 Å². The summed E-state index contributed by atoms with van der Waals surface area (Å²) in [6.07, 6.45) is -14.8. The first kappa shape index (κ1) is 28.4. The molecule has 0 bridgehead atoms. The number of ketones is 1. The summed E-state index contributed by atoms with van der Waals surface area (Å²) in [5, 5.41) is 7.50. The fourth-order valence-electron chi connectivity index (χ4n) is 3.70. The third kappa shape index (κ3) is 6.51. The molecule has 0 saturated carbocycles. The maximum absolute atomic E-state index is 13.3. The molecule has 13 heteroatoms. The van der Waals surface area contributed by atoms with Crippen molar-refractivity contribution in [3.63, 3.8) is 0 Å². The van der Waals surface area contributed by atoms with Crippen LogP contribution in [0, 0.1) is 11.8 Å². The van der Waals surface area contributed by atoms with E-state index in [0.29, 0.717) is 17.7 Å². The Balaban J connectivity index is 1.77. The number of halogens is 9. The Morgan fingerprint density at radius 1 is 0.725 bits per heavy atom. The van der Waals surface area contributed by atoms with E-state index in [1.54, 1.807) is 18.2 Å². The van der Waals surface area contributed by atoms with Crippen LogP contribution in [0.15, 0.2) is 72.8 Å². The number of benzene rings is 3. The molecule has 0 amide bonds. The van der Waals surface area contributed by atoms with Crippen molar-refractivity contribution >= 4 is 5.78 Å². The van der Waals surface area contributed by atoms with E-state index in [1.807, 2.05) is 0 Å². The average Bonchev–Trinajstić information content (AvgIpc) is 3.29. The van der Waals surface area contributed by atoms with Crippen molar-refractivity contribution in [2.24, 2.45) is 0 Å². The Bertz CT molecular complexity index is 1570. The molecule has 1 aromatic heterocycles. The van der Waals surface area contributed by atoms with Crippen LogP contribution in [0.4, 0.5) is 39.5 Å². The van der Waals surface area contributed by atoms with Crippen LogP contribution in [0.1, 0.15) is 38.3 Å². The fraction of sp³-hybridized carbons (Fsp3) is 0.148. The van der Waals surface area contributed by atoms with Crippen LogP contribution in [0.3, 0.4) is 0 Å². The summed E-state index contributed by atoms with van der Waals surface area (Å²) >= 11 is 0. The number of carbonyl (C=O) groups excluding carboxylic acids is 1. The summed E-state index contributed by atoms with van der Waals surface area (Å²) in [6.45, 7) is -0.626. The highest BCUT2D eigenvalue weighted by atomic mass is 19.4. The van der Waals surface area contributed by atoms with Crippen LogP contribution in [-0.2, 0) is 25.1 Å². The molecule has 40 heavy (non-hydrogen) atoms. The summed E-state index contributed by atoms with van der Waals surface area (Å²) in [5.74, 6) is 3.50. The molecule has 3 aromatic carbocycles. The van der Waals surface area contributed by atoms with Crippen molar-refractivity contribution in [3.8, 4) is 23.1 Å². The van der Waals surface area contributed by atoms with E-state index < -0.39 is 58.8 Å². The number of rotatable bonds is 4. The molecule has 0 spiro atoms. The van der Waals surface area contributed by atoms with Crippen molar-refractivity contribution < 1.29 is 44.3 Å². The van der Waals surface area contributed by atoms with E-state index in [9.17, 15) is 44.3 Å². The molecule has 0 atom stereocenters. The minimum atomic E-state index is -5.07. The number of hydrogen-bond acceptors (Lipinski definition) is 3. The lowest BCUT2D eigenvalue weighted by molar-refractivity contribution is -0.143. The number of hydrogen-bond donors (Lipinski definition) is 0. The molecule has 0 radical (unpaired) electrons. The molecular formula is C27H14F9N3O. The van der Waals surface area contributed by atoms with Gasteiger partial charge in [-0.15, -0.1) is 5.10 Å². The first-order valence-corrected chi connectivity index (χ1v) is 11.1. The zero-order valence-corrected chi connectivity index (χ0v) is 19.8. The van der Waals surface area contributed by atoms with Crippen LogP contribution in [0.5, 0.6) is 0 Å². The molecule has 0 aliphatic carbocycles. The maximum Gasteiger partial charge on any atom is 0.416 e. The second-order valence-electron chi connectivity index (χ2n) is 8.38. The fourth-order valence-corrected chi connectivity index (χ4v) is 3.70. The lowest BCUT2D eigenvalue weighted by atomic mass is 10.0. The van der Waals surface area contributed by atoms with Crippen LogP contribution in [0.25, 0.3) is 11.3 Å². The number of alkyl halides is 9. The third-order valence-electron chi connectivity index (χ3n) is 5.49. The molecule has 4 aromatic rings. The van der Waals surface area contributed by atoms with Crippen LogP contribution >= 0.6 is 0 Å². The molecule has 0 aliphatic heterocycles. The van der Waals surface area contributed by atoms with Crippen molar-refractivity contribution in [3.05, 3.63) is 106 Å². The van der Waals surface area contributed by atoms with Crippen molar-refractivity contribution in [2.45, 2.75) is 25.1 Å². The number of Topliss-reactive ketones (excluding diaryl/α,β-unsaturated/α-hetero) is 1. The lowest BCUT2D eigenvalue weighted by Crippen LogP contribution is -2.13. The van der Waals surface area contributed by atoms with Crippen LogP contribution in [-0.4, -0.2) is 20.8 Å². The number of carbonyl (C=O) groups is 1. The molecular weight excluding hydrogens is 553 g/mol. The van der Waals surface area contributed by atoms with Crippen LogP contribution in [0.2, 0.25) is 0 Å². The summed E-state index contributed by atoms with van der Waals surface area (Å²) in [7, 11) is 0. The minimum Gasteiger partial charge on any atom is -0.277 e. The van der Waals surface area contributed by atoms with Crippen molar-refractivity contribution in [2.75, 3.05) is 0 Å². The van der Waals surface area contributed by atoms with Gasteiger partial charge in [-0.05, 0) is 47.9 Å². The largest absolute Gasteiger partial charge is 0.416 e. The Kier molecular flexibility index (Phi) is 7.47. The van der Waals surface area contributed by atoms with Gasteiger partial charge >= 0.3 is 18.5 Å². The summed E-state index contributed by atoms with van der Waals surface area (Å²) in [6, 6.07) is 12.7. The van der Waals surface area contributed by atoms with Crippen molar-refractivity contribution in [1.82, 2.24) is 15.0 Å². The predicted molar refractivity (Wildman–Crippen MR) is 124 cm³/mol. The number of nitrogens with zero attached hydrogens (tertiary/aromatic N) is 3. The third-order valence-corrected chi connectivity index (χ3v) is 5.49. The molecule has 0 aliphatic rings. The lowest BCUT2D eigenvalue weighted by Gasteiger charge is -2.15. The first-order chi connectivity index (χ1) is 18.6. The SMILES string of the molecule is O=C(C#Cc1cccc(C(F)(F)F)c1)c1nnn(Cc2cc(C(F)(F)F)cc(C(F)(F)F)c2)c1-c1ccccc1. The van der Waals surface area contributed by atoms with E-state index in [-0.39, 0.29) is 17.3 Å². The molecule has 0 N–H and O–H groups in total. The van der Waals surface area contributed by atoms with E-state index in [4.69, 9.17) is 0 Å². The van der Waals surface area contributed by atoms with Gasteiger partial charge in [0.05, 0.1) is 23.2 Å². The average molecular weight is 567 g/mol. The molecule has 0 unspecified atom stereocenters. The van der Waals surface area contributed by atoms with E-state index in [1.165, 1.54) is 18.2 Å². The monoisotopic (exact) mass is 567 g/mol. The van der Waals surface area contributed by atoms with Gasteiger partial charge in [0.2, 0.25) is 0 Å². The second-order valence-corrected chi connectivity index (χ2v) is 8.38. The molecule has 206 valence electrons. The standard InChI is InChI=1S/C27H14F9N3O/c28-25(29,30)19-8-4-5-16(11-19)9-10-22(40)23-24(18-6-2-1-3-7-18)39(38-37-23)15-17-12-20(26(31,32)33)14-21(13-17)27(34,35)36/h1-8,11-14H,15H2. The molecule has 1 heterocycles. The zero-order valence-electron chi connectivity index (χ0n) is 19.8. The van der Waals surface area contributed by atoms with Gasteiger partial charge in [-0.25, -0.2) is 4.68 Å². The first-order valence-electron chi connectivity index (χ1n) is 11.1. The Labute approximate surface area is 220 Å². The number of aromatic nitrogens is 3. The Morgan fingerprint density at radius 3 is 1.90 bits per heavy atom. The smallest absolute Gasteiger partial charge is 0.277 e. The maximum atomic E-state index is 13.3. The van der Waals surface area contributed by atoms with Gasteiger partial charge in [-0.2, -0.15) is 39.5 Å². The molecule has 0 saturated heterocycles. The van der Waals surface area contributed by atoms with Crippen LogP contribution < -0.4 is 0 Å². The van der Waals surface area contributed by atoms with Gasteiger partial charge in [0, 0.05) is 11.1 Å². The Hall–Kier alpha value is -4.60. The van der Waals surface area contributed by atoms with E-state index in [2.05, 4.69) is 22.2 Å². The topological polar surface area (TPSA) is 47.8 Å². The zero-order chi connectivity index (χ0) is 29.3. The van der Waals surface area contributed by atoms with E-state index in [0.717, 1.165) is 22.9 Å².